The third-order valence-corrected chi connectivity index (χ3v) is 5.33. The number of amides is 1. The number of alkyl halides is 3. The molecule has 0 unspecified atom stereocenters. The predicted octanol–water partition coefficient (Wildman–Crippen LogP) is 1.68. The summed E-state index contributed by atoms with van der Waals surface area (Å²) < 4.78 is 39.8. The normalized spacial score (nSPS) is 15.6. The second-order valence-corrected chi connectivity index (χ2v) is 7.46. The van der Waals surface area contributed by atoms with Crippen LogP contribution in [0.3, 0.4) is 0 Å². The zero-order valence-electron chi connectivity index (χ0n) is 16.5. The quantitative estimate of drug-likeness (QED) is 0.792. The molecule has 3 rings (SSSR count). The van der Waals surface area contributed by atoms with E-state index < -0.39 is 23.0 Å². The van der Waals surface area contributed by atoms with Crippen LogP contribution < -0.4 is 11.2 Å². The molecular formula is C20H23F3N4O3. The summed E-state index contributed by atoms with van der Waals surface area (Å²) in [6, 6.07) is 6.62. The molecular weight excluding hydrogens is 401 g/mol. The van der Waals surface area contributed by atoms with Crippen molar-refractivity contribution in [2.45, 2.75) is 38.1 Å². The molecule has 2 heterocycles. The molecule has 1 aromatic heterocycles. The van der Waals surface area contributed by atoms with Crippen molar-refractivity contribution >= 4 is 5.91 Å². The highest BCUT2D eigenvalue weighted by Crippen LogP contribution is 2.30. The molecule has 1 fully saturated rings. The number of H-pyrrole nitrogens is 1. The van der Waals surface area contributed by atoms with Gasteiger partial charge in [-0.15, -0.1) is 0 Å². The van der Waals surface area contributed by atoms with Crippen LogP contribution in [-0.4, -0.2) is 51.4 Å². The number of aromatic nitrogens is 2. The average molecular weight is 424 g/mol. The van der Waals surface area contributed by atoms with Gasteiger partial charge in [0.15, 0.2) is 0 Å². The molecule has 0 bridgehead atoms. The third-order valence-electron chi connectivity index (χ3n) is 5.33. The van der Waals surface area contributed by atoms with E-state index in [0.717, 1.165) is 16.7 Å². The van der Waals surface area contributed by atoms with E-state index in [1.807, 2.05) is 11.9 Å². The molecule has 0 atom stereocenters. The Hall–Kier alpha value is -2.88. The number of benzene rings is 1. The number of aromatic amines is 1. The summed E-state index contributed by atoms with van der Waals surface area (Å²) in [4.78, 5) is 41.1. The minimum atomic E-state index is -4.37. The summed E-state index contributed by atoms with van der Waals surface area (Å²) in [6.45, 7) is 1.22. The molecule has 1 aliphatic heterocycles. The zero-order valence-corrected chi connectivity index (χ0v) is 16.5. The van der Waals surface area contributed by atoms with Crippen molar-refractivity contribution in [3.63, 3.8) is 0 Å². The number of likely N-dealkylation sites (tertiary alicyclic amines) is 1. The van der Waals surface area contributed by atoms with Crippen LogP contribution in [0.15, 0.2) is 46.1 Å². The van der Waals surface area contributed by atoms with Gasteiger partial charge in [0.2, 0.25) is 5.91 Å². The molecule has 1 aromatic carbocycles. The number of nitrogens with one attached hydrogen (secondary N) is 1. The Labute approximate surface area is 170 Å². The maximum absolute atomic E-state index is 12.9. The molecule has 0 saturated carbocycles. The molecule has 1 amide bonds. The number of nitrogens with zero attached hydrogens (tertiary/aromatic N) is 3. The lowest BCUT2D eigenvalue weighted by Gasteiger charge is -2.37. The summed E-state index contributed by atoms with van der Waals surface area (Å²) >= 11 is 0. The van der Waals surface area contributed by atoms with Crippen LogP contribution in [0.1, 0.15) is 24.0 Å². The summed E-state index contributed by atoms with van der Waals surface area (Å²) in [5.74, 6) is -0.219. The molecule has 2 aromatic rings. The fraction of sp³-hybridized carbons (Fsp3) is 0.450. The highest BCUT2D eigenvalue weighted by atomic mass is 19.4. The Kier molecular flexibility index (Phi) is 6.45. The van der Waals surface area contributed by atoms with Crippen LogP contribution in [0.4, 0.5) is 13.2 Å². The topological polar surface area (TPSA) is 78.4 Å². The molecule has 10 heteroatoms. The molecule has 0 aliphatic carbocycles. The number of carbonyl (C=O) groups excluding carboxylic acids is 1. The second kappa shape index (κ2) is 8.86. The summed E-state index contributed by atoms with van der Waals surface area (Å²) in [6.07, 6.45) is -1.72. The van der Waals surface area contributed by atoms with E-state index >= 15 is 0 Å². The van der Waals surface area contributed by atoms with E-state index in [0.29, 0.717) is 38.0 Å². The third kappa shape index (κ3) is 5.38. The number of piperidine rings is 1. The predicted molar refractivity (Wildman–Crippen MR) is 104 cm³/mol. The Morgan fingerprint density at radius 2 is 1.90 bits per heavy atom. The van der Waals surface area contributed by atoms with Crippen molar-refractivity contribution < 1.29 is 18.0 Å². The van der Waals surface area contributed by atoms with Crippen LogP contribution in [0.2, 0.25) is 0 Å². The van der Waals surface area contributed by atoms with Crippen LogP contribution in [0, 0.1) is 0 Å². The minimum Gasteiger partial charge on any atom is -0.341 e. The highest BCUT2D eigenvalue weighted by Gasteiger charge is 2.31. The number of halogens is 3. The van der Waals surface area contributed by atoms with Crippen LogP contribution >= 0.6 is 0 Å². The first-order chi connectivity index (χ1) is 14.1. The molecule has 1 aliphatic rings. The van der Waals surface area contributed by atoms with Crippen LogP contribution in [-0.2, 0) is 24.1 Å². The first-order valence-electron chi connectivity index (χ1n) is 9.57. The zero-order chi connectivity index (χ0) is 21.9. The minimum absolute atomic E-state index is 0.138. The summed E-state index contributed by atoms with van der Waals surface area (Å²) in [5.41, 5.74) is -1.23. The number of rotatable bonds is 5. The number of carbonyl (C=O) groups is 1. The van der Waals surface area contributed by atoms with E-state index in [-0.39, 0.29) is 18.5 Å². The number of hydrogen-bond acceptors (Lipinski definition) is 4. The molecule has 0 spiro atoms. The summed E-state index contributed by atoms with van der Waals surface area (Å²) in [7, 11) is 1.86. The molecule has 7 nitrogen and oxygen atoms in total. The van der Waals surface area contributed by atoms with Gasteiger partial charge in [0, 0.05) is 37.9 Å². The van der Waals surface area contributed by atoms with Gasteiger partial charge >= 0.3 is 11.9 Å². The molecule has 1 N–H and O–H groups in total. The summed E-state index contributed by atoms with van der Waals surface area (Å²) in [5, 5.41) is 0. The molecule has 162 valence electrons. The number of hydrogen-bond donors (Lipinski definition) is 1. The molecule has 0 radical (unpaired) electrons. The first kappa shape index (κ1) is 21.8. The van der Waals surface area contributed by atoms with Crippen molar-refractivity contribution in [3.05, 3.63) is 68.5 Å². The van der Waals surface area contributed by atoms with Crippen LogP contribution in [0.5, 0.6) is 0 Å². The van der Waals surface area contributed by atoms with E-state index in [1.165, 1.54) is 18.3 Å². The Morgan fingerprint density at radius 1 is 1.20 bits per heavy atom. The van der Waals surface area contributed by atoms with E-state index in [4.69, 9.17) is 0 Å². The van der Waals surface area contributed by atoms with Crippen LogP contribution in [0.25, 0.3) is 0 Å². The van der Waals surface area contributed by atoms with E-state index in [2.05, 4.69) is 4.98 Å². The second-order valence-electron chi connectivity index (χ2n) is 7.46. The fourth-order valence-electron chi connectivity index (χ4n) is 3.63. The van der Waals surface area contributed by atoms with Crippen molar-refractivity contribution in [3.8, 4) is 0 Å². The first-order valence-corrected chi connectivity index (χ1v) is 9.57. The average Bonchev–Trinajstić information content (AvgIpc) is 2.69. The Bertz CT molecular complexity index is 1010. The van der Waals surface area contributed by atoms with Crippen molar-refractivity contribution in [2.75, 3.05) is 20.1 Å². The van der Waals surface area contributed by atoms with Gasteiger partial charge in [0.1, 0.15) is 6.54 Å². The SMILES string of the molecule is CN(Cc1cccc(C(F)(F)F)c1)C1CCN(C(=O)Cn2ccc(=O)[nH]c2=O)CC1. The van der Waals surface area contributed by atoms with Gasteiger partial charge in [-0.1, -0.05) is 18.2 Å². The lowest BCUT2D eigenvalue weighted by Crippen LogP contribution is -2.47. The lowest BCUT2D eigenvalue weighted by atomic mass is 10.0. The molecule has 30 heavy (non-hydrogen) atoms. The fourth-order valence-corrected chi connectivity index (χ4v) is 3.63. The van der Waals surface area contributed by atoms with Crippen molar-refractivity contribution in [1.82, 2.24) is 19.4 Å². The van der Waals surface area contributed by atoms with Gasteiger partial charge in [-0.2, -0.15) is 13.2 Å². The van der Waals surface area contributed by atoms with Crippen molar-refractivity contribution in [2.24, 2.45) is 0 Å². The maximum Gasteiger partial charge on any atom is 0.416 e. The standard InChI is InChI=1S/C20H23F3N4O3/c1-25(12-14-3-2-4-15(11-14)20(21,22)23)16-5-8-26(9-6-16)18(29)13-27-10-7-17(28)24-19(27)30/h2-4,7,10-11,16H,5-6,8-9,12-13H2,1H3,(H,24,28,30). The van der Waals surface area contributed by atoms with Gasteiger partial charge < -0.3 is 4.90 Å². The van der Waals surface area contributed by atoms with Gasteiger partial charge in [0.25, 0.3) is 5.56 Å². The maximum atomic E-state index is 12.9. The van der Waals surface area contributed by atoms with Gasteiger partial charge in [-0.3, -0.25) is 24.0 Å². The van der Waals surface area contributed by atoms with Gasteiger partial charge in [0.05, 0.1) is 5.56 Å². The largest absolute Gasteiger partial charge is 0.416 e. The smallest absolute Gasteiger partial charge is 0.341 e. The molecule has 1 saturated heterocycles. The van der Waals surface area contributed by atoms with Gasteiger partial charge in [-0.25, -0.2) is 4.79 Å². The Morgan fingerprint density at radius 3 is 2.53 bits per heavy atom. The highest BCUT2D eigenvalue weighted by molar-refractivity contribution is 5.76. The van der Waals surface area contributed by atoms with Crippen molar-refractivity contribution in [1.29, 1.82) is 0 Å². The van der Waals surface area contributed by atoms with Gasteiger partial charge in [-0.05, 0) is 31.5 Å². The lowest BCUT2D eigenvalue weighted by molar-refractivity contribution is -0.137. The van der Waals surface area contributed by atoms with E-state index in [9.17, 15) is 27.6 Å². The van der Waals surface area contributed by atoms with E-state index in [1.54, 1.807) is 11.0 Å². The Balaban J connectivity index is 1.54. The monoisotopic (exact) mass is 424 g/mol.